The molecule has 0 bridgehead atoms. The van der Waals surface area contributed by atoms with Crippen molar-refractivity contribution >= 4 is 11.9 Å². The fraction of sp³-hybridized carbons (Fsp3) is 0.833. The zero-order chi connectivity index (χ0) is 13.1. The average molecular weight is 243 g/mol. The summed E-state index contributed by atoms with van der Waals surface area (Å²) in [6.07, 6.45) is 1.37. The molecule has 0 aromatic heterocycles. The summed E-state index contributed by atoms with van der Waals surface area (Å²) in [5.74, 6) is -0.709. The van der Waals surface area contributed by atoms with E-state index in [4.69, 9.17) is 9.84 Å². The van der Waals surface area contributed by atoms with Crippen molar-refractivity contribution in [2.24, 2.45) is 11.3 Å². The second kappa shape index (κ2) is 5.49. The van der Waals surface area contributed by atoms with Gasteiger partial charge in [-0.15, -0.1) is 0 Å². The highest BCUT2D eigenvalue weighted by molar-refractivity contribution is 5.80. The monoisotopic (exact) mass is 243 g/mol. The van der Waals surface area contributed by atoms with Crippen LogP contribution >= 0.6 is 0 Å². The van der Waals surface area contributed by atoms with Gasteiger partial charge >= 0.3 is 5.97 Å². The molecule has 5 nitrogen and oxygen atoms in total. The van der Waals surface area contributed by atoms with Gasteiger partial charge in [0.05, 0.1) is 19.3 Å². The molecule has 3 unspecified atom stereocenters. The molecule has 0 saturated carbocycles. The molecule has 1 heterocycles. The second-order valence-corrected chi connectivity index (χ2v) is 5.08. The minimum absolute atomic E-state index is 0.0951. The lowest BCUT2D eigenvalue weighted by Crippen LogP contribution is -2.49. The summed E-state index contributed by atoms with van der Waals surface area (Å²) in [6, 6.07) is -0.434. The largest absolute Gasteiger partial charge is 0.481 e. The summed E-state index contributed by atoms with van der Waals surface area (Å²) >= 11 is 0. The summed E-state index contributed by atoms with van der Waals surface area (Å²) in [6.45, 7) is 6.06. The highest BCUT2D eigenvalue weighted by atomic mass is 16.5. The van der Waals surface area contributed by atoms with E-state index in [9.17, 15) is 9.59 Å². The summed E-state index contributed by atoms with van der Waals surface area (Å²) in [5.41, 5.74) is -1.01. The Morgan fingerprint density at radius 2 is 2.24 bits per heavy atom. The number of carbonyl (C=O) groups is 2. The number of aliphatic carboxylic acids is 1. The first kappa shape index (κ1) is 14.0. The first-order valence-electron chi connectivity index (χ1n) is 6.00. The SMILES string of the molecule is CCC(C)CC(=O)NC1COCC1(C)C(=O)O. The van der Waals surface area contributed by atoms with Crippen LogP contribution < -0.4 is 5.32 Å². The van der Waals surface area contributed by atoms with Gasteiger partial charge in [-0.3, -0.25) is 9.59 Å². The molecule has 17 heavy (non-hydrogen) atoms. The minimum atomic E-state index is -1.01. The molecule has 1 saturated heterocycles. The number of nitrogens with one attached hydrogen (secondary N) is 1. The van der Waals surface area contributed by atoms with E-state index >= 15 is 0 Å². The topological polar surface area (TPSA) is 75.6 Å². The molecule has 0 aromatic rings. The summed E-state index contributed by atoms with van der Waals surface area (Å²) in [5, 5.41) is 11.9. The number of ether oxygens (including phenoxy) is 1. The molecule has 0 aliphatic carbocycles. The van der Waals surface area contributed by atoms with Gasteiger partial charge < -0.3 is 15.2 Å². The third-order valence-corrected chi connectivity index (χ3v) is 3.51. The van der Waals surface area contributed by atoms with Gasteiger partial charge in [0, 0.05) is 6.42 Å². The van der Waals surface area contributed by atoms with Gasteiger partial charge in [-0.25, -0.2) is 0 Å². The molecule has 2 N–H and O–H groups in total. The number of carboxylic acid groups (broad SMARTS) is 1. The molecule has 1 fully saturated rings. The summed E-state index contributed by atoms with van der Waals surface area (Å²) in [7, 11) is 0. The zero-order valence-electron chi connectivity index (χ0n) is 10.7. The van der Waals surface area contributed by atoms with Crippen LogP contribution in [-0.2, 0) is 14.3 Å². The Morgan fingerprint density at radius 1 is 1.59 bits per heavy atom. The number of hydrogen-bond acceptors (Lipinski definition) is 3. The number of carboxylic acids is 1. The fourth-order valence-corrected chi connectivity index (χ4v) is 1.80. The molecule has 1 aliphatic heterocycles. The number of amides is 1. The van der Waals surface area contributed by atoms with E-state index < -0.39 is 17.4 Å². The Bertz CT molecular complexity index is 305. The molecule has 1 aliphatic rings. The van der Waals surface area contributed by atoms with E-state index in [1.807, 2.05) is 13.8 Å². The van der Waals surface area contributed by atoms with E-state index in [-0.39, 0.29) is 19.1 Å². The Kier molecular flexibility index (Phi) is 4.51. The molecular formula is C12H21NO4. The fourth-order valence-electron chi connectivity index (χ4n) is 1.80. The Balaban J connectivity index is 2.56. The lowest BCUT2D eigenvalue weighted by Gasteiger charge is -2.25. The number of carbonyl (C=O) groups excluding carboxylic acids is 1. The van der Waals surface area contributed by atoms with E-state index in [2.05, 4.69) is 5.32 Å². The van der Waals surface area contributed by atoms with E-state index in [0.717, 1.165) is 6.42 Å². The molecule has 0 aromatic carbocycles. The van der Waals surface area contributed by atoms with Crippen LogP contribution in [0, 0.1) is 11.3 Å². The Labute approximate surface area is 102 Å². The molecule has 0 spiro atoms. The average Bonchev–Trinajstić information content (AvgIpc) is 2.61. The minimum Gasteiger partial charge on any atom is -0.481 e. The van der Waals surface area contributed by atoms with E-state index in [1.54, 1.807) is 6.92 Å². The van der Waals surface area contributed by atoms with Crippen LogP contribution in [0.4, 0.5) is 0 Å². The van der Waals surface area contributed by atoms with Crippen LogP contribution in [0.1, 0.15) is 33.6 Å². The van der Waals surface area contributed by atoms with Gasteiger partial charge in [-0.2, -0.15) is 0 Å². The lowest BCUT2D eigenvalue weighted by molar-refractivity contribution is -0.149. The quantitative estimate of drug-likeness (QED) is 0.756. The van der Waals surface area contributed by atoms with Crippen LogP contribution in [0.5, 0.6) is 0 Å². The Hall–Kier alpha value is -1.10. The first-order chi connectivity index (χ1) is 7.90. The Morgan fingerprint density at radius 3 is 2.76 bits per heavy atom. The van der Waals surface area contributed by atoms with Gasteiger partial charge in [-0.05, 0) is 12.8 Å². The first-order valence-corrected chi connectivity index (χ1v) is 6.00. The molecule has 1 rings (SSSR count). The van der Waals surface area contributed by atoms with Gasteiger partial charge in [0.15, 0.2) is 0 Å². The zero-order valence-corrected chi connectivity index (χ0v) is 10.7. The third kappa shape index (κ3) is 3.19. The normalized spacial score (nSPS) is 29.9. The van der Waals surface area contributed by atoms with E-state index in [1.165, 1.54) is 0 Å². The van der Waals surface area contributed by atoms with Crippen LogP contribution in [0.15, 0.2) is 0 Å². The number of rotatable bonds is 5. The maximum atomic E-state index is 11.7. The maximum Gasteiger partial charge on any atom is 0.313 e. The molecule has 1 amide bonds. The van der Waals surface area contributed by atoms with Crippen molar-refractivity contribution in [1.82, 2.24) is 5.32 Å². The molecule has 3 atom stereocenters. The number of hydrogen-bond donors (Lipinski definition) is 2. The van der Waals surface area contributed by atoms with Crippen molar-refractivity contribution in [1.29, 1.82) is 0 Å². The van der Waals surface area contributed by atoms with Crippen molar-refractivity contribution < 1.29 is 19.4 Å². The standard InChI is InChI=1S/C12H21NO4/c1-4-8(2)5-10(14)13-9-6-17-7-12(9,3)11(15)16/h8-9H,4-7H2,1-3H3,(H,13,14)(H,15,16). The molecule has 0 radical (unpaired) electrons. The van der Waals surface area contributed by atoms with Crippen molar-refractivity contribution in [3.05, 3.63) is 0 Å². The lowest BCUT2D eigenvalue weighted by atomic mass is 9.85. The van der Waals surface area contributed by atoms with Crippen molar-refractivity contribution in [2.75, 3.05) is 13.2 Å². The maximum absolute atomic E-state index is 11.7. The second-order valence-electron chi connectivity index (χ2n) is 5.08. The van der Waals surface area contributed by atoms with Crippen LogP contribution in [0.25, 0.3) is 0 Å². The van der Waals surface area contributed by atoms with Gasteiger partial charge in [0.1, 0.15) is 5.41 Å². The van der Waals surface area contributed by atoms with Crippen LogP contribution in [-0.4, -0.2) is 36.2 Å². The van der Waals surface area contributed by atoms with Crippen molar-refractivity contribution in [3.63, 3.8) is 0 Å². The van der Waals surface area contributed by atoms with Gasteiger partial charge in [-0.1, -0.05) is 20.3 Å². The molecule has 5 heteroatoms. The molecular weight excluding hydrogens is 222 g/mol. The summed E-state index contributed by atoms with van der Waals surface area (Å²) in [4.78, 5) is 22.9. The van der Waals surface area contributed by atoms with Gasteiger partial charge in [0.2, 0.25) is 5.91 Å². The van der Waals surface area contributed by atoms with Gasteiger partial charge in [0.25, 0.3) is 0 Å². The highest BCUT2D eigenvalue weighted by Crippen LogP contribution is 2.28. The predicted molar refractivity (Wildman–Crippen MR) is 62.6 cm³/mol. The summed E-state index contributed by atoms with van der Waals surface area (Å²) < 4.78 is 5.17. The predicted octanol–water partition coefficient (Wildman–Crippen LogP) is 1.03. The van der Waals surface area contributed by atoms with Crippen LogP contribution in [0.2, 0.25) is 0 Å². The smallest absolute Gasteiger partial charge is 0.313 e. The van der Waals surface area contributed by atoms with E-state index in [0.29, 0.717) is 12.3 Å². The van der Waals surface area contributed by atoms with Crippen molar-refractivity contribution in [2.45, 2.75) is 39.7 Å². The molecule has 98 valence electrons. The van der Waals surface area contributed by atoms with Crippen LogP contribution in [0.3, 0.4) is 0 Å². The third-order valence-electron chi connectivity index (χ3n) is 3.51. The highest BCUT2D eigenvalue weighted by Gasteiger charge is 2.47. The van der Waals surface area contributed by atoms with Crippen molar-refractivity contribution in [3.8, 4) is 0 Å².